The maximum absolute atomic E-state index is 12.8. The summed E-state index contributed by atoms with van der Waals surface area (Å²) in [4.78, 5) is 13.5. The van der Waals surface area contributed by atoms with Gasteiger partial charge < -0.3 is 5.73 Å². The number of halogens is 2. The Morgan fingerprint density at radius 1 is 1.20 bits per heavy atom. The molecule has 0 aliphatic rings. The molecule has 0 aliphatic heterocycles. The Balaban J connectivity index is 1.57. The zero-order valence-electron chi connectivity index (χ0n) is 16.3. The Hall–Kier alpha value is -3.11. The number of aromatic nitrogens is 5. The highest BCUT2D eigenvalue weighted by atomic mass is 32.1. The van der Waals surface area contributed by atoms with E-state index in [1.165, 1.54) is 10.9 Å². The van der Waals surface area contributed by atoms with Gasteiger partial charge in [0.1, 0.15) is 6.33 Å². The van der Waals surface area contributed by atoms with E-state index < -0.39 is 11.8 Å². The average molecular weight is 430 g/mol. The molecule has 4 rings (SSSR count). The van der Waals surface area contributed by atoms with Crippen LogP contribution in [0.4, 0.5) is 8.78 Å². The zero-order valence-corrected chi connectivity index (χ0v) is 17.1. The summed E-state index contributed by atoms with van der Waals surface area (Å²) in [5.74, 6) is 0. The molecule has 4 aromatic rings. The van der Waals surface area contributed by atoms with Gasteiger partial charge in [-0.25, -0.2) is 9.48 Å². The van der Waals surface area contributed by atoms with Crippen LogP contribution in [0.2, 0.25) is 0 Å². The Morgan fingerprint density at radius 3 is 2.73 bits per heavy atom. The van der Waals surface area contributed by atoms with Crippen molar-refractivity contribution in [2.45, 2.75) is 26.6 Å². The van der Waals surface area contributed by atoms with Crippen molar-refractivity contribution in [1.82, 2.24) is 24.1 Å². The molecule has 0 aliphatic carbocycles. The summed E-state index contributed by atoms with van der Waals surface area (Å²) in [5.41, 5.74) is 6.69. The first-order valence-electron chi connectivity index (χ1n) is 9.39. The van der Waals surface area contributed by atoms with Gasteiger partial charge in [-0.3, -0.25) is 9.25 Å². The van der Waals surface area contributed by atoms with Gasteiger partial charge in [0.2, 0.25) is 0 Å². The van der Waals surface area contributed by atoms with E-state index in [0.29, 0.717) is 6.54 Å². The van der Waals surface area contributed by atoms with E-state index >= 15 is 0 Å². The molecule has 0 fully saturated rings. The molecule has 30 heavy (non-hydrogen) atoms. The second-order valence-electron chi connectivity index (χ2n) is 6.82. The van der Waals surface area contributed by atoms with Crippen molar-refractivity contribution in [2.24, 2.45) is 5.73 Å². The number of hydrogen-bond acceptors (Lipinski definition) is 5. The second kappa shape index (κ2) is 8.33. The second-order valence-corrected chi connectivity index (χ2v) is 7.99. The lowest BCUT2D eigenvalue weighted by molar-refractivity contribution is 0.400. The van der Waals surface area contributed by atoms with Gasteiger partial charge in [-0.05, 0) is 30.0 Å². The molecule has 156 valence electrons. The maximum atomic E-state index is 12.8. The van der Waals surface area contributed by atoms with E-state index in [-0.39, 0.29) is 18.7 Å². The van der Waals surface area contributed by atoms with Crippen LogP contribution in [0.15, 0.2) is 59.4 Å². The molecule has 0 saturated carbocycles. The summed E-state index contributed by atoms with van der Waals surface area (Å²) >= 11 is 1.58. The van der Waals surface area contributed by atoms with Crippen molar-refractivity contribution in [1.29, 1.82) is 0 Å². The van der Waals surface area contributed by atoms with Crippen molar-refractivity contribution >= 4 is 21.4 Å². The highest BCUT2D eigenvalue weighted by molar-refractivity contribution is 7.19. The molecule has 3 aromatic heterocycles. The molecule has 0 spiro atoms. The van der Waals surface area contributed by atoms with Gasteiger partial charge >= 0.3 is 5.69 Å². The molecule has 1 aromatic carbocycles. The largest absolute Gasteiger partial charge is 0.346 e. The van der Waals surface area contributed by atoms with Gasteiger partial charge in [-0.1, -0.05) is 12.1 Å². The maximum Gasteiger partial charge on any atom is 0.346 e. The Bertz CT molecular complexity index is 1280. The van der Waals surface area contributed by atoms with Crippen molar-refractivity contribution in [3.05, 3.63) is 70.0 Å². The lowest BCUT2D eigenvalue weighted by atomic mass is 10.1. The number of nitrogens with zero attached hydrogens (tertiary/aromatic N) is 5. The van der Waals surface area contributed by atoms with Crippen molar-refractivity contribution in [3.8, 4) is 11.1 Å². The van der Waals surface area contributed by atoms with Crippen molar-refractivity contribution in [3.63, 3.8) is 0 Å². The predicted octanol–water partition coefficient (Wildman–Crippen LogP) is 3.30. The van der Waals surface area contributed by atoms with Crippen LogP contribution in [0, 0.1) is 0 Å². The normalized spacial score (nSPS) is 11.3. The van der Waals surface area contributed by atoms with E-state index in [1.54, 1.807) is 11.3 Å². The van der Waals surface area contributed by atoms with Gasteiger partial charge in [0, 0.05) is 40.0 Å². The fourth-order valence-corrected chi connectivity index (χ4v) is 4.27. The van der Waals surface area contributed by atoms with Gasteiger partial charge in [0.15, 0.2) is 0 Å². The quantitative estimate of drug-likeness (QED) is 0.488. The minimum Gasteiger partial charge on any atom is -0.327 e. The fourth-order valence-electron chi connectivity index (χ4n) is 3.17. The van der Waals surface area contributed by atoms with Crippen LogP contribution in [0.3, 0.4) is 0 Å². The summed E-state index contributed by atoms with van der Waals surface area (Å²) in [7, 11) is 0. The first-order chi connectivity index (χ1) is 14.5. The molecule has 0 unspecified atom stereocenters. The monoisotopic (exact) mass is 430 g/mol. The Kier molecular flexibility index (Phi) is 5.60. The third kappa shape index (κ3) is 3.96. The lowest BCUT2D eigenvalue weighted by Gasteiger charge is -2.02. The van der Waals surface area contributed by atoms with Gasteiger partial charge in [-0.15, -0.1) is 11.3 Å². The molecule has 10 heteroatoms. The first kappa shape index (κ1) is 20.2. The van der Waals surface area contributed by atoms with Crippen LogP contribution >= 0.6 is 11.3 Å². The number of benzene rings is 1. The topological polar surface area (TPSA) is 83.7 Å². The molecule has 2 N–H and O–H groups in total. The molecule has 0 radical (unpaired) electrons. The van der Waals surface area contributed by atoms with Crippen LogP contribution in [-0.2, 0) is 19.6 Å². The third-order valence-electron chi connectivity index (χ3n) is 4.84. The van der Waals surface area contributed by atoms with Crippen LogP contribution in [0.1, 0.15) is 11.8 Å². The lowest BCUT2D eigenvalue weighted by Crippen LogP contribution is -2.27. The predicted molar refractivity (Wildman–Crippen MR) is 113 cm³/mol. The zero-order chi connectivity index (χ0) is 21.3. The first-order valence-corrected chi connectivity index (χ1v) is 10.2. The summed E-state index contributed by atoms with van der Waals surface area (Å²) in [6.45, 7) is 2.54. The SMILES string of the molecule is CCn1cc(-c2ccc3cc(Cn4cnn(CC(CN)=C(F)F)c4=O)sc3c2)cn1. The molecule has 0 amide bonds. The molecule has 0 atom stereocenters. The number of nitrogens with two attached hydrogens (primary N) is 1. The van der Waals surface area contributed by atoms with Gasteiger partial charge in [0.25, 0.3) is 6.08 Å². The summed E-state index contributed by atoms with van der Waals surface area (Å²) < 4.78 is 31.0. The number of rotatable bonds is 7. The van der Waals surface area contributed by atoms with E-state index in [0.717, 1.165) is 37.3 Å². The van der Waals surface area contributed by atoms with E-state index in [9.17, 15) is 13.6 Å². The van der Waals surface area contributed by atoms with Crippen LogP contribution in [0.5, 0.6) is 0 Å². The molecular weight excluding hydrogens is 410 g/mol. The fraction of sp³-hybridized carbons (Fsp3) is 0.250. The molecule has 0 saturated heterocycles. The third-order valence-corrected chi connectivity index (χ3v) is 5.92. The molecule has 0 bridgehead atoms. The Labute approximate surface area is 174 Å². The molecule has 7 nitrogen and oxygen atoms in total. The van der Waals surface area contributed by atoms with Crippen LogP contribution in [-0.4, -0.2) is 30.7 Å². The number of aryl methyl sites for hydroxylation is 1. The minimum absolute atomic E-state index is 0.303. The van der Waals surface area contributed by atoms with Gasteiger partial charge in [-0.2, -0.15) is 19.0 Å². The van der Waals surface area contributed by atoms with Crippen LogP contribution < -0.4 is 11.4 Å². The van der Waals surface area contributed by atoms with Gasteiger partial charge in [0.05, 0.1) is 19.3 Å². The molecule has 3 heterocycles. The average Bonchev–Trinajstić information content (AvgIpc) is 3.45. The van der Waals surface area contributed by atoms with Crippen LogP contribution in [0.25, 0.3) is 21.2 Å². The highest BCUT2D eigenvalue weighted by Gasteiger charge is 2.12. The smallest absolute Gasteiger partial charge is 0.327 e. The minimum atomic E-state index is -1.87. The molecular formula is C20H20F2N6OS. The highest BCUT2D eigenvalue weighted by Crippen LogP contribution is 2.30. The summed E-state index contributed by atoms with van der Waals surface area (Å²) in [6.07, 6.45) is 3.34. The van der Waals surface area contributed by atoms with E-state index in [1.807, 2.05) is 42.2 Å². The standard InChI is InChI=1S/C20H20F2N6OS/c1-2-27-9-16(8-24-27)13-3-4-14-5-17(30-18(14)6-13)11-26-12-25-28(20(26)29)10-15(7-23)19(21)22/h3-6,8-9,12H,2,7,10-11,23H2,1H3. The summed E-state index contributed by atoms with van der Waals surface area (Å²) in [6, 6.07) is 8.22. The van der Waals surface area contributed by atoms with E-state index in [2.05, 4.69) is 16.3 Å². The number of thiophene rings is 1. The number of hydrogen-bond donors (Lipinski definition) is 1. The van der Waals surface area contributed by atoms with Crippen molar-refractivity contribution < 1.29 is 8.78 Å². The van der Waals surface area contributed by atoms with Crippen molar-refractivity contribution in [2.75, 3.05) is 6.54 Å². The number of fused-ring (bicyclic) bond motifs is 1. The Morgan fingerprint density at radius 2 is 2.03 bits per heavy atom. The van der Waals surface area contributed by atoms with E-state index in [4.69, 9.17) is 5.73 Å². The summed E-state index contributed by atoms with van der Waals surface area (Å²) in [5, 5.41) is 9.33.